The fourth-order valence-corrected chi connectivity index (χ4v) is 1.95. The SMILES string of the molecule is Cc1nc(C(=O)N(C)CC(=O)N2CCCC2)n[nH]1. The first kappa shape index (κ1) is 12.5. The van der Waals surface area contributed by atoms with Crippen LogP contribution in [0.25, 0.3) is 0 Å². The molecule has 2 rings (SSSR count). The molecule has 0 bridgehead atoms. The highest BCUT2D eigenvalue weighted by Crippen LogP contribution is 2.08. The number of carbonyl (C=O) groups excluding carboxylic acids is 2. The average Bonchev–Trinajstić information content (AvgIpc) is 2.98. The Kier molecular flexibility index (Phi) is 3.59. The molecule has 0 spiro atoms. The lowest BCUT2D eigenvalue weighted by molar-refractivity contribution is -0.130. The summed E-state index contributed by atoms with van der Waals surface area (Å²) in [5.74, 6) is 0.323. The van der Waals surface area contributed by atoms with Gasteiger partial charge < -0.3 is 9.80 Å². The maximum atomic E-state index is 11.9. The van der Waals surface area contributed by atoms with Gasteiger partial charge in [0.15, 0.2) is 0 Å². The van der Waals surface area contributed by atoms with Gasteiger partial charge in [0.1, 0.15) is 5.82 Å². The highest BCUT2D eigenvalue weighted by atomic mass is 16.2. The van der Waals surface area contributed by atoms with Crippen LogP contribution in [-0.2, 0) is 4.79 Å². The summed E-state index contributed by atoms with van der Waals surface area (Å²) < 4.78 is 0. The number of rotatable bonds is 3. The van der Waals surface area contributed by atoms with Crippen LogP contribution >= 0.6 is 0 Å². The van der Waals surface area contributed by atoms with Crippen LogP contribution in [-0.4, -0.2) is 63.5 Å². The molecule has 0 saturated carbocycles. The standard InChI is InChI=1S/C11H17N5O2/c1-8-12-10(14-13-8)11(18)15(2)7-9(17)16-5-3-4-6-16/h3-7H2,1-2H3,(H,12,13,14). The first-order chi connectivity index (χ1) is 8.58. The molecule has 7 nitrogen and oxygen atoms in total. The average molecular weight is 251 g/mol. The number of likely N-dealkylation sites (tertiary alicyclic amines) is 1. The van der Waals surface area contributed by atoms with Gasteiger partial charge in [-0.3, -0.25) is 14.7 Å². The Morgan fingerprint density at radius 2 is 2.06 bits per heavy atom. The minimum atomic E-state index is -0.341. The lowest BCUT2D eigenvalue weighted by atomic mass is 10.4. The van der Waals surface area contributed by atoms with Gasteiger partial charge in [-0.15, -0.1) is 5.10 Å². The number of hydrogen-bond acceptors (Lipinski definition) is 4. The lowest BCUT2D eigenvalue weighted by Crippen LogP contribution is -2.40. The van der Waals surface area contributed by atoms with Gasteiger partial charge in [-0.1, -0.05) is 0 Å². The largest absolute Gasteiger partial charge is 0.341 e. The van der Waals surface area contributed by atoms with E-state index >= 15 is 0 Å². The van der Waals surface area contributed by atoms with Crippen LogP contribution in [0.15, 0.2) is 0 Å². The normalized spacial score (nSPS) is 14.9. The predicted molar refractivity (Wildman–Crippen MR) is 63.9 cm³/mol. The van der Waals surface area contributed by atoms with Crippen molar-refractivity contribution in [1.82, 2.24) is 25.0 Å². The van der Waals surface area contributed by atoms with Gasteiger partial charge in [-0.2, -0.15) is 0 Å². The molecule has 1 aliphatic rings. The molecular weight excluding hydrogens is 234 g/mol. The van der Waals surface area contributed by atoms with E-state index in [1.165, 1.54) is 4.90 Å². The number of amides is 2. The zero-order valence-corrected chi connectivity index (χ0v) is 10.6. The van der Waals surface area contributed by atoms with Crippen LogP contribution in [0.2, 0.25) is 0 Å². The van der Waals surface area contributed by atoms with E-state index in [2.05, 4.69) is 15.2 Å². The molecule has 1 N–H and O–H groups in total. The van der Waals surface area contributed by atoms with Crippen LogP contribution in [0.3, 0.4) is 0 Å². The second-order valence-corrected chi connectivity index (χ2v) is 4.49. The summed E-state index contributed by atoms with van der Waals surface area (Å²) in [4.78, 5) is 30.9. The van der Waals surface area contributed by atoms with Gasteiger partial charge in [0, 0.05) is 20.1 Å². The molecule has 0 unspecified atom stereocenters. The molecule has 0 aliphatic carbocycles. The van der Waals surface area contributed by atoms with E-state index in [0.29, 0.717) is 5.82 Å². The minimum Gasteiger partial charge on any atom is -0.341 e. The predicted octanol–water partition coefficient (Wildman–Crippen LogP) is -0.192. The van der Waals surface area contributed by atoms with Crippen LogP contribution in [0.4, 0.5) is 0 Å². The maximum absolute atomic E-state index is 11.9. The molecule has 0 radical (unpaired) electrons. The Bertz CT molecular complexity index is 450. The molecule has 1 aromatic rings. The fourth-order valence-electron chi connectivity index (χ4n) is 1.95. The van der Waals surface area contributed by atoms with Crippen molar-refractivity contribution in [1.29, 1.82) is 0 Å². The smallest absolute Gasteiger partial charge is 0.293 e. The summed E-state index contributed by atoms with van der Waals surface area (Å²) in [7, 11) is 1.59. The van der Waals surface area contributed by atoms with Crippen molar-refractivity contribution in [3.63, 3.8) is 0 Å². The fraction of sp³-hybridized carbons (Fsp3) is 0.636. The number of likely N-dealkylation sites (N-methyl/N-ethyl adjacent to an activating group) is 1. The van der Waals surface area contributed by atoms with Crippen LogP contribution in [0.1, 0.15) is 29.3 Å². The number of carbonyl (C=O) groups is 2. The number of H-pyrrole nitrogens is 1. The molecule has 1 saturated heterocycles. The number of aromatic amines is 1. The highest BCUT2D eigenvalue weighted by molar-refractivity contribution is 5.93. The first-order valence-corrected chi connectivity index (χ1v) is 6.00. The summed E-state index contributed by atoms with van der Waals surface area (Å²) in [6.45, 7) is 3.38. The third-order valence-corrected chi connectivity index (χ3v) is 2.97. The molecule has 0 atom stereocenters. The molecule has 1 aromatic heterocycles. The van der Waals surface area contributed by atoms with Crippen molar-refractivity contribution in [2.45, 2.75) is 19.8 Å². The third-order valence-electron chi connectivity index (χ3n) is 2.97. The quantitative estimate of drug-likeness (QED) is 0.807. The zero-order chi connectivity index (χ0) is 13.1. The molecule has 2 amide bonds. The maximum Gasteiger partial charge on any atom is 0.293 e. The van der Waals surface area contributed by atoms with Gasteiger partial charge in [-0.25, -0.2) is 4.98 Å². The summed E-state index contributed by atoms with van der Waals surface area (Å²) in [6, 6.07) is 0. The van der Waals surface area contributed by atoms with E-state index in [9.17, 15) is 9.59 Å². The number of aromatic nitrogens is 3. The van der Waals surface area contributed by atoms with Gasteiger partial charge in [-0.05, 0) is 19.8 Å². The number of nitrogens with one attached hydrogen (secondary N) is 1. The zero-order valence-electron chi connectivity index (χ0n) is 10.6. The Morgan fingerprint density at radius 1 is 1.39 bits per heavy atom. The summed E-state index contributed by atoms with van der Waals surface area (Å²) >= 11 is 0. The van der Waals surface area contributed by atoms with E-state index in [4.69, 9.17) is 0 Å². The Labute approximate surface area is 105 Å². The molecule has 0 aromatic carbocycles. The van der Waals surface area contributed by atoms with Gasteiger partial charge in [0.25, 0.3) is 5.91 Å². The topological polar surface area (TPSA) is 82.2 Å². The Hall–Kier alpha value is -1.92. The van der Waals surface area contributed by atoms with E-state index in [1.807, 2.05) is 0 Å². The molecule has 98 valence electrons. The van der Waals surface area contributed by atoms with Crippen LogP contribution < -0.4 is 0 Å². The van der Waals surface area contributed by atoms with Crippen molar-refractivity contribution in [2.75, 3.05) is 26.7 Å². The van der Waals surface area contributed by atoms with Crippen molar-refractivity contribution in [2.24, 2.45) is 0 Å². The lowest BCUT2D eigenvalue weighted by Gasteiger charge is -2.20. The molecule has 18 heavy (non-hydrogen) atoms. The van der Waals surface area contributed by atoms with Gasteiger partial charge >= 0.3 is 0 Å². The van der Waals surface area contributed by atoms with E-state index in [-0.39, 0.29) is 24.2 Å². The van der Waals surface area contributed by atoms with Gasteiger partial charge in [0.05, 0.1) is 6.54 Å². The Balaban J connectivity index is 1.92. The molecule has 1 aliphatic heterocycles. The second kappa shape index (κ2) is 5.16. The van der Waals surface area contributed by atoms with Crippen molar-refractivity contribution >= 4 is 11.8 Å². The van der Waals surface area contributed by atoms with Crippen molar-refractivity contribution in [3.8, 4) is 0 Å². The molecule has 2 heterocycles. The summed E-state index contributed by atoms with van der Waals surface area (Å²) in [5, 5.41) is 6.40. The van der Waals surface area contributed by atoms with E-state index in [0.717, 1.165) is 25.9 Å². The molecule has 1 fully saturated rings. The summed E-state index contributed by atoms with van der Waals surface area (Å²) in [5.41, 5.74) is 0. The monoisotopic (exact) mass is 251 g/mol. The first-order valence-electron chi connectivity index (χ1n) is 6.00. The molecule has 7 heteroatoms. The minimum absolute atomic E-state index is 0.0180. The van der Waals surface area contributed by atoms with E-state index < -0.39 is 0 Å². The third kappa shape index (κ3) is 2.66. The van der Waals surface area contributed by atoms with Crippen LogP contribution in [0.5, 0.6) is 0 Å². The second-order valence-electron chi connectivity index (χ2n) is 4.49. The number of aryl methyl sites for hydroxylation is 1. The Morgan fingerprint density at radius 3 is 2.61 bits per heavy atom. The van der Waals surface area contributed by atoms with Gasteiger partial charge in [0.2, 0.25) is 11.7 Å². The van der Waals surface area contributed by atoms with Crippen LogP contribution in [0, 0.1) is 6.92 Å². The van der Waals surface area contributed by atoms with Crippen molar-refractivity contribution < 1.29 is 9.59 Å². The molecular formula is C11H17N5O2. The summed E-state index contributed by atoms with van der Waals surface area (Å²) in [6.07, 6.45) is 2.09. The number of hydrogen-bond donors (Lipinski definition) is 1. The highest BCUT2D eigenvalue weighted by Gasteiger charge is 2.23. The van der Waals surface area contributed by atoms with Crippen molar-refractivity contribution in [3.05, 3.63) is 11.6 Å². The van der Waals surface area contributed by atoms with E-state index in [1.54, 1.807) is 18.9 Å². The number of nitrogens with zero attached hydrogens (tertiary/aromatic N) is 4.